The highest BCUT2D eigenvalue weighted by Gasteiger charge is 2.68. The molecule has 2 bridgehead atoms. The molecule has 0 radical (unpaired) electrons. The van der Waals surface area contributed by atoms with Crippen LogP contribution in [0.1, 0.15) is 23.7 Å². The van der Waals surface area contributed by atoms with E-state index in [0.29, 0.717) is 10.6 Å². The number of halogens is 2. The van der Waals surface area contributed by atoms with Gasteiger partial charge in [-0.3, -0.25) is 14.4 Å². The van der Waals surface area contributed by atoms with Gasteiger partial charge in [0.25, 0.3) is 0 Å². The van der Waals surface area contributed by atoms with Gasteiger partial charge in [0.2, 0.25) is 5.78 Å². The molecule has 7 atom stereocenters. The summed E-state index contributed by atoms with van der Waals surface area (Å²) in [5, 5.41) is 0.444. The lowest BCUT2D eigenvalue weighted by Crippen LogP contribution is -2.40. The Labute approximate surface area is 158 Å². The van der Waals surface area contributed by atoms with Crippen molar-refractivity contribution >= 4 is 45.3 Å². The molecule has 1 aliphatic heterocycles. The fourth-order valence-corrected chi connectivity index (χ4v) is 5.71. The monoisotopic (exact) mass is 426 g/mol. The summed E-state index contributed by atoms with van der Waals surface area (Å²) in [6.45, 7) is 1.54. The Bertz CT molecular complexity index is 766. The van der Waals surface area contributed by atoms with Crippen LogP contribution in [0.4, 0.5) is 0 Å². The smallest absolute Gasteiger partial charge is 0.310 e. The van der Waals surface area contributed by atoms with Crippen molar-refractivity contribution in [3.8, 4) is 0 Å². The van der Waals surface area contributed by atoms with Gasteiger partial charge in [0.15, 0.2) is 6.10 Å². The van der Waals surface area contributed by atoms with Crippen molar-refractivity contribution in [3.63, 3.8) is 0 Å². The fraction of sp³-hybridized carbons (Fsp3) is 0.500. The molecule has 4 rings (SSSR count). The van der Waals surface area contributed by atoms with Gasteiger partial charge in [-0.05, 0) is 31.4 Å². The summed E-state index contributed by atoms with van der Waals surface area (Å²) in [5.74, 6) is -2.05. The van der Waals surface area contributed by atoms with Gasteiger partial charge >= 0.3 is 11.9 Å². The fourth-order valence-electron chi connectivity index (χ4n) is 4.48. The molecule has 0 N–H and O–H groups in total. The number of carbonyl (C=O) groups excluding carboxylic acids is 3. The molecule has 0 aromatic heterocycles. The molecule has 1 aromatic rings. The van der Waals surface area contributed by atoms with E-state index in [-0.39, 0.29) is 34.5 Å². The molecule has 2 aliphatic carbocycles. The summed E-state index contributed by atoms with van der Waals surface area (Å²) in [4.78, 5) is 37.2. The first-order valence-electron chi connectivity index (χ1n) is 8.23. The van der Waals surface area contributed by atoms with Gasteiger partial charge in [0.1, 0.15) is 6.10 Å². The van der Waals surface area contributed by atoms with E-state index in [1.54, 1.807) is 24.3 Å². The molecule has 1 aromatic carbocycles. The van der Waals surface area contributed by atoms with Crippen molar-refractivity contribution in [2.75, 3.05) is 0 Å². The molecule has 0 amide bonds. The predicted molar refractivity (Wildman–Crippen MR) is 92.5 cm³/mol. The summed E-state index contributed by atoms with van der Waals surface area (Å²) in [6, 6.07) is 6.51. The molecule has 1 saturated heterocycles. The van der Waals surface area contributed by atoms with Crippen LogP contribution in [0, 0.1) is 23.7 Å². The molecule has 3 aliphatic rings. The molecule has 25 heavy (non-hydrogen) atoms. The topological polar surface area (TPSA) is 69.7 Å². The Morgan fingerprint density at radius 2 is 2.12 bits per heavy atom. The molecule has 132 valence electrons. The Morgan fingerprint density at radius 3 is 2.84 bits per heavy atom. The van der Waals surface area contributed by atoms with Crippen molar-refractivity contribution in [2.24, 2.45) is 23.7 Å². The zero-order valence-corrected chi connectivity index (χ0v) is 15.7. The lowest BCUT2D eigenvalue weighted by atomic mass is 9.80. The van der Waals surface area contributed by atoms with Gasteiger partial charge in [-0.2, -0.15) is 0 Å². The number of benzene rings is 1. The molecule has 5 nitrogen and oxygen atoms in total. The Hall–Kier alpha value is -1.40. The van der Waals surface area contributed by atoms with E-state index in [2.05, 4.69) is 15.9 Å². The van der Waals surface area contributed by atoms with Gasteiger partial charge < -0.3 is 9.47 Å². The third kappa shape index (κ3) is 2.61. The molecule has 0 spiro atoms. The highest BCUT2D eigenvalue weighted by molar-refractivity contribution is 9.09. The van der Waals surface area contributed by atoms with Crippen LogP contribution in [0.2, 0.25) is 5.02 Å². The van der Waals surface area contributed by atoms with Gasteiger partial charge in [0.05, 0.1) is 16.7 Å². The SMILES string of the molecule is C[C@H](OC(=O)[C@@H]1[C@H]2C[C@H]3[C@H](OC(=O)[C@H]31)[C@@H]2Br)C(=O)c1cccc(Cl)c1. The molecule has 0 unspecified atom stereocenters. The maximum atomic E-state index is 12.7. The minimum Gasteiger partial charge on any atom is -0.461 e. The van der Waals surface area contributed by atoms with Crippen LogP contribution >= 0.6 is 27.5 Å². The van der Waals surface area contributed by atoms with E-state index in [1.807, 2.05) is 0 Å². The highest BCUT2D eigenvalue weighted by Crippen LogP contribution is 2.60. The van der Waals surface area contributed by atoms with Gasteiger partial charge in [-0.25, -0.2) is 0 Å². The summed E-state index contributed by atoms with van der Waals surface area (Å²) in [7, 11) is 0. The van der Waals surface area contributed by atoms with Crippen molar-refractivity contribution in [2.45, 2.75) is 30.4 Å². The van der Waals surface area contributed by atoms with Crippen LogP contribution in [-0.4, -0.2) is 34.8 Å². The third-order valence-electron chi connectivity index (χ3n) is 5.57. The first-order chi connectivity index (χ1) is 11.9. The van der Waals surface area contributed by atoms with Crippen molar-refractivity contribution < 1.29 is 23.9 Å². The number of hydrogen-bond donors (Lipinski definition) is 0. The van der Waals surface area contributed by atoms with Crippen molar-refractivity contribution in [3.05, 3.63) is 34.9 Å². The maximum absolute atomic E-state index is 12.7. The predicted octanol–water partition coefficient (Wildman–Crippen LogP) is 3.03. The normalized spacial score (nSPS) is 36.2. The molecule has 7 heteroatoms. The number of Topliss-reactive ketones (excluding diaryl/α,β-unsaturated/α-hetero) is 1. The standard InChI is InChI=1S/C18H16BrClO5/c1-7(15(21)8-3-2-4-9(20)5-8)24-17(22)12-10-6-11-13(12)18(23)25-16(11)14(10)19/h2-5,7,10-14,16H,6H2,1H3/t7-,10+,11+,12+,13+,14+,16-/m0/s1. The van der Waals surface area contributed by atoms with Gasteiger partial charge in [0, 0.05) is 16.5 Å². The largest absolute Gasteiger partial charge is 0.461 e. The Kier molecular flexibility index (Phi) is 4.15. The van der Waals surface area contributed by atoms with Crippen LogP contribution in [0.5, 0.6) is 0 Å². The molecule has 2 saturated carbocycles. The lowest BCUT2D eigenvalue weighted by molar-refractivity contribution is -0.157. The van der Waals surface area contributed by atoms with Crippen LogP contribution in [0.25, 0.3) is 0 Å². The minimum absolute atomic E-state index is 0.00687. The third-order valence-corrected chi connectivity index (χ3v) is 7.00. The second-order valence-electron chi connectivity index (χ2n) is 6.91. The number of ketones is 1. The number of alkyl halides is 1. The lowest BCUT2D eigenvalue weighted by Gasteiger charge is -2.27. The average Bonchev–Trinajstić information content (AvgIpc) is 3.18. The maximum Gasteiger partial charge on any atom is 0.310 e. The van der Waals surface area contributed by atoms with Crippen molar-refractivity contribution in [1.29, 1.82) is 0 Å². The highest BCUT2D eigenvalue weighted by atomic mass is 79.9. The molecular weight excluding hydrogens is 412 g/mol. The minimum atomic E-state index is -0.938. The van der Waals surface area contributed by atoms with Crippen LogP contribution in [0.15, 0.2) is 24.3 Å². The van der Waals surface area contributed by atoms with Gasteiger partial charge in [-0.1, -0.05) is 39.7 Å². The summed E-state index contributed by atoms with van der Waals surface area (Å²) >= 11 is 9.46. The zero-order valence-electron chi connectivity index (χ0n) is 13.4. The van der Waals surface area contributed by atoms with E-state index >= 15 is 0 Å². The quantitative estimate of drug-likeness (QED) is 0.420. The van der Waals surface area contributed by atoms with Crippen LogP contribution in [0.3, 0.4) is 0 Å². The first kappa shape index (κ1) is 17.0. The second-order valence-corrected chi connectivity index (χ2v) is 8.41. The van der Waals surface area contributed by atoms with E-state index < -0.39 is 23.9 Å². The van der Waals surface area contributed by atoms with E-state index in [1.165, 1.54) is 6.92 Å². The average molecular weight is 428 g/mol. The molecule has 3 fully saturated rings. The number of ether oxygens (including phenoxy) is 2. The first-order valence-corrected chi connectivity index (χ1v) is 9.52. The Balaban J connectivity index is 1.49. The molecular formula is C18H16BrClO5. The summed E-state index contributed by atoms with van der Waals surface area (Å²) in [5.41, 5.74) is 0.388. The number of hydrogen-bond acceptors (Lipinski definition) is 5. The van der Waals surface area contributed by atoms with Crippen molar-refractivity contribution in [1.82, 2.24) is 0 Å². The number of esters is 2. The number of carbonyl (C=O) groups is 3. The van der Waals surface area contributed by atoms with Crippen LogP contribution in [-0.2, 0) is 19.1 Å². The summed E-state index contributed by atoms with van der Waals surface area (Å²) < 4.78 is 10.8. The number of fused-ring (bicyclic) bond motifs is 1. The van der Waals surface area contributed by atoms with Gasteiger partial charge in [-0.15, -0.1) is 0 Å². The number of rotatable bonds is 4. The zero-order chi connectivity index (χ0) is 17.9. The molecule has 1 heterocycles. The van der Waals surface area contributed by atoms with E-state index in [9.17, 15) is 14.4 Å². The summed E-state index contributed by atoms with van der Waals surface area (Å²) in [6.07, 6.45) is -0.308. The second kappa shape index (κ2) is 6.09. The van der Waals surface area contributed by atoms with Crippen LogP contribution < -0.4 is 0 Å². The van der Waals surface area contributed by atoms with E-state index in [4.69, 9.17) is 21.1 Å². The van der Waals surface area contributed by atoms with E-state index in [0.717, 1.165) is 6.42 Å². The Morgan fingerprint density at radius 1 is 1.36 bits per heavy atom.